The third-order valence-electron chi connectivity index (χ3n) is 3.27. The maximum atomic E-state index is 11.8. The Kier molecular flexibility index (Phi) is 3.65. The molecule has 1 N–H and O–H groups in total. The van der Waals surface area contributed by atoms with E-state index in [4.69, 9.17) is 5.11 Å². The molecular weight excluding hydrogens is 252 g/mol. The molecule has 0 bridgehead atoms. The Balaban J connectivity index is 2.01. The molecule has 2 rings (SSSR count). The van der Waals surface area contributed by atoms with Gasteiger partial charge in [-0.3, -0.25) is 4.79 Å². The number of hydrogen-bond acceptors (Lipinski definition) is 4. The summed E-state index contributed by atoms with van der Waals surface area (Å²) in [5, 5.41) is 10.6. The van der Waals surface area contributed by atoms with Gasteiger partial charge in [0.15, 0.2) is 0 Å². The van der Waals surface area contributed by atoms with Gasteiger partial charge in [-0.1, -0.05) is 13.8 Å². The average Bonchev–Trinajstić information content (AvgIpc) is 2.87. The molecule has 0 saturated carbocycles. The highest BCUT2D eigenvalue weighted by Crippen LogP contribution is 2.26. The number of nitrogens with zero attached hydrogens (tertiary/aromatic N) is 2. The number of aromatic nitrogens is 1. The summed E-state index contributed by atoms with van der Waals surface area (Å²) in [5.41, 5.74) is 0.662. The number of carboxylic acids is 1. The molecule has 1 aliphatic rings. The van der Waals surface area contributed by atoms with Crippen LogP contribution in [0.15, 0.2) is 5.38 Å². The van der Waals surface area contributed by atoms with E-state index in [0.29, 0.717) is 30.5 Å². The number of likely N-dealkylation sites (tertiary alicyclic amines) is 1. The summed E-state index contributed by atoms with van der Waals surface area (Å²) < 4.78 is 0. The normalized spacial score (nSPS) is 19.8. The summed E-state index contributed by atoms with van der Waals surface area (Å²) in [4.78, 5) is 28.3. The van der Waals surface area contributed by atoms with E-state index in [0.717, 1.165) is 17.9 Å². The van der Waals surface area contributed by atoms with Crippen molar-refractivity contribution >= 4 is 23.2 Å². The fourth-order valence-electron chi connectivity index (χ4n) is 2.08. The van der Waals surface area contributed by atoms with E-state index >= 15 is 0 Å². The minimum absolute atomic E-state index is 0.0806. The molecule has 1 unspecified atom stereocenters. The molecule has 18 heavy (non-hydrogen) atoms. The summed E-state index contributed by atoms with van der Waals surface area (Å²) in [7, 11) is 0. The summed E-state index contributed by atoms with van der Waals surface area (Å²) in [6.45, 7) is 5.40. The van der Waals surface area contributed by atoms with Crippen molar-refractivity contribution in [3.05, 3.63) is 16.1 Å². The van der Waals surface area contributed by atoms with E-state index in [1.807, 2.05) is 0 Å². The van der Waals surface area contributed by atoms with E-state index in [1.165, 1.54) is 0 Å². The number of aromatic carboxylic acids is 1. The quantitative estimate of drug-likeness (QED) is 0.904. The van der Waals surface area contributed by atoms with Crippen LogP contribution in [-0.4, -0.2) is 33.4 Å². The van der Waals surface area contributed by atoms with Crippen molar-refractivity contribution in [1.82, 2.24) is 9.88 Å². The smallest absolute Gasteiger partial charge is 0.365 e. The highest BCUT2D eigenvalue weighted by molar-refractivity contribution is 7.11. The van der Waals surface area contributed by atoms with Crippen molar-refractivity contribution < 1.29 is 14.7 Å². The van der Waals surface area contributed by atoms with Crippen LogP contribution in [0.4, 0.5) is 0 Å². The number of rotatable bonds is 4. The second-order valence-corrected chi connectivity index (χ2v) is 5.79. The third-order valence-corrected chi connectivity index (χ3v) is 4.15. The Morgan fingerprint density at radius 3 is 2.89 bits per heavy atom. The number of hydrogen-bond donors (Lipinski definition) is 1. The van der Waals surface area contributed by atoms with Crippen molar-refractivity contribution in [2.75, 3.05) is 6.54 Å². The van der Waals surface area contributed by atoms with Crippen molar-refractivity contribution in [3.63, 3.8) is 0 Å². The van der Waals surface area contributed by atoms with Gasteiger partial charge in [0, 0.05) is 18.3 Å². The second kappa shape index (κ2) is 5.06. The lowest BCUT2D eigenvalue weighted by Gasteiger charge is -2.16. The zero-order chi connectivity index (χ0) is 13.3. The molecule has 1 amide bonds. The van der Waals surface area contributed by atoms with Gasteiger partial charge in [0.2, 0.25) is 10.9 Å². The van der Waals surface area contributed by atoms with Crippen LogP contribution in [0.1, 0.15) is 35.8 Å². The average molecular weight is 268 g/mol. The molecule has 1 aliphatic heterocycles. The molecule has 1 aromatic rings. The van der Waals surface area contributed by atoms with Gasteiger partial charge in [-0.2, -0.15) is 0 Å². The summed E-state index contributed by atoms with van der Waals surface area (Å²) >= 11 is 1.10. The number of carboxylic acid groups (broad SMARTS) is 1. The maximum absolute atomic E-state index is 11.8. The fraction of sp³-hybridized carbons (Fsp3) is 0.583. The van der Waals surface area contributed by atoms with E-state index in [9.17, 15) is 9.59 Å². The largest absolute Gasteiger partial charge is 0.476 e. The van der Waals surface area contributed by atoms with Crippen LogP contribution in [0, 0.1) is 11.8 Å². The van der Waals surface area contributed by atoms with Crippen LogP contribution in [0.25, 0.3) is 0 Å². The lowest BCUT2D eigenvalue weighted by atomic mass is 9.95. The van der Waals surface area contributed by atoms with Crippen LogP contribution in [0.3, 0.4) is 0 Å². The van der Waals surface area contributed by atoms with Gasteiger partial charge in [0.1, 0.15) is 0 Å². The summed E-state index contributed by atoms with van der Waals surface area (Å²) in [5.74, 6) is 0.0108. The third kappa shape index (κ3) is 2.69. The van der Waals surface area contributed by atoms with E-state index in [-0.39, 0.29) is 10.9 Å². The number of amides is 1. The lowest BCUT2D eigenvalue weighted by Crippen LogP contribution is -2.25. The predicted molar refractivity (Wildman–Crippen MR) is 67.4 cm³/mol. The van der Waals surface area contributed by atoms with Crippen LogP contribution in [0.2, 0.25) is 0 Å². The predicted octanol–water partition coefficient (Wildman–Crippen LogP) is 1.85. The Morgan fingerprint density at radius 1 is 1.67 bits per heavy atom. The lowest BCUT2D eigenvalue weighted by molar-refractivity contribution is -0.128. The fourth-order valence-corrected chi connectivity index (χ4v) is 2.72. The van der Waals surface area contributed by atoms with Gasteiger partial charge < -0.3 is 10.0 Å². The van der Waals surface area contributed by atoms with Gasteiger partial charge in [0.05, 0.1) is 12.2 Å². The Bertz CT molecular complexity index is 470. The zero-order valence-corrected chi connectivity index (χ0v) is 11.2. The molecule has 0 aromatic carbocycles. The maximum Gasteiger partial charge on any atom is 0.365 e. The summed E-state index contributed by atoms with van der Waals surface area (Å²) in [6.07, 6.45) is 0.591. The SMILES string of the molecule is CC(C)C1CC(=O)N(Cc2csc(C(=O)O)n2)C1. The van der Waals surface area contributed by atoms with Gasteiger partial charge >= 0.3 is 5.97 Å². The summed E-state index contributed by atoms with van der Waals surface area (Å²) in [6, 6.07) is 0. The van der Waals surface area contributed by atoms with Gasteiger partial charge in [0.25, 0.3) is 0 Å². The number of carbonyl (C=O) groups is 2. The Labute approximate surface area is 109 Å². The molecule has 98 valence electrons. The molecule has 0 spiro atoms. The monoisotopic (exact) mass is 268 g/mol. The van der Waals surface area contributed by atoms with E-state index in [2.05, 4.69) is 18.8 Å². The van der Waals surface area contributed by atoms with E-state index in [1.54, 1.807) is 10.3 Å². The highest BCUT2D eigenvalue weighted by Gasteiger charge is 2.31. The molecule has 0 radical (unpaired) electrons. The van der Waals surface area contributed by atoms with Gasteiger partial charge in [-0.15, -0.1) is 11.3 Å². The minimum atomic E-state index is -1.01. The first-order chi connectivity index (χ1) is 8.47. The molecule has 1 atom stereocenters. The van der Waals surface area contributed by atoms with Crippen molar-refractivity contribution in [2.45, 2.75) is 26.8 Å². The van der Waals surface area contributed by atoms with Crippen LogP contribution < -0.4 is 0 Å². The first-order valence-corrected chi connectivity index (χ1v) is 6.80. The van der Waals surface area contributed by atoms with Crippen molar-refractivity contribution in [1.29, 1.82) is 0 Å². The van der Waals surface area contributed by atoms with Gasteiger partial charge in [-0.25, -0.2) is 9.78 Å². The Hall–Kier alpha value is -1.43. The number of carbonyl (C=O) groups excluding carboxylic acids is 1. The van der Waals surface area contributed by atoms with Crippen LogP contribution >= 0.6 is 11.3 Å². The minimum Gasteiger partial charge on any atom is -0.476 e. The zero-order valence-electron chi connectivity index (χ0n) is 10.4. The topological polar surface area (TPSA) is 70.5 Å². The molecule has 1 aromatic heterocycles. The second-order valence-electron chi connectivity index (χ2n) is 4.93. The molecule has 2 heterocycles. The van der Waals surface area contributed by atoms with Crippen molar-refractivity contribution in [3.8, 4) is 0 Å². The molecule has 0 aliphatic carbocycles. The first kappa shape index (κ1) is 13.0. The number of thiazole rings is 1. The van der Waals surface area contributed by atoms with Gasteiger partial charge in [-0.05, 0) is 11.8 Å². The van der Waals surface area contributed by atoms with Crippen LogP contribution in [-0.2, 0) is 11.3 Å². The first-order valence-electron chi connectivity index (χ1n) is 5.93. The standard InChI is InChI=1S/C12H16N2O3S/c1-7(2)8-3-10(15)14(4-8)5-9-6-18-11(13-9)12(16)17/h6-8H,3-5H2,1-2H3,(H,16,17). The Morgan fingerprint density at radius 2 is 2.39 bits per heavy atom. The molecule has 1 saturated heterocycles. The van der Waals surface area contributed by atoms with Crippen LogP contribution in [0.5, 0.6) is 0 Å². The van der Waals surface area contributed by atoms with Crippen molar-refractivity contribution in [2.24, 2.45) is 11.8 Å². The molecule has 5 nitrogen and oxygen atoms in total. The van der Waals surface area contributed by atoms with E-state index < -0.39 is 5.97 Å². The molecule has 6 heteroatoms. The molecule has 1 fully saturated rings. The highest BCUT2D eigenvalue weighted by atomic mass is 32.1. The molecular formula is C12H16N2O3S.